The first kappa shape index (κ1) is 12.7. The zero-order valence-corrected chi connectivity index (χ0v) is 11.9. The van der Waals surface area contributed by atoms with Gasteiger partial charge in [-0.15, -0.1) is 0 Å². The number of halogens is 3. The first-order chi connectivity index (χ1) is 8.09. The molecule has 17 heavy (non-hydrogen) atoms. The molecule has 0 amide bonds. The van der Waals surface area contributed by atoms with Crippen LogP contribution in [0.2, 0.25) is 0 Å². The van der Waals surface area contributed by atoms with E-state index in [1.165, 1.54) is 6.07 Å². The highest BCUT2D eigenvalue weighted by Crippen LogP contribution is 2.28. The zero-order valence-electron chi connectivity index (χ0n) is 8.70. The van der Waals surface area contributed by atoms with Crippen LogP contribution >= 0.6 is 31.9 Å². The van der Waals surface area contributed by atoms with E-state index in [-0.39, 0.29) is 5.82 Å². The van der Waals surface area contributed by atoms with Crippen LogP contribution in [0.3, 0.4) is 0 Å². The maximum absolute atomic E-state index is 13.6. The molecule has 1 atom stereocenters. The molecule has 88 valence electrons. The molecule has 0 aliphatic carbocycles. The van der Waals surface area contributed by atoms with Crippen LogP contribution in [0.15, 0.2) is 45.5 Å². The van der Waals surface area contributed by atoms with Gasteiger partial charge >= 0.3 is 0 Å². The average molecular weight is 360 g/mol. The fraction of sp³-hybridized carbons (Fsp3) is 0.0833. The minimum absolute atomic E-state index is 0.323. The number of hydrogen-bond donors (Lipinski definition) is 1. The molecule has 2 rings (SSSR count). The molecule has 2 aromatic rings. The van der Waals surface area contributed by atoms with Gasteiger partial charge in [-0.05, 0) is 44.0 Å². The molecule has 0 aliphatic heterocycles. The molecule has 2 N–H and O–H groups in total. The van der Waals surface area contributed by atoms with Crippen molar-refractivity contribution in [1.29, 1.82) is 0 Å². The molecule has 0 saturated heterocycles. The van der Waals surface area contributed by atoms with Crippen molar-refractivity contribution in [3.05, 3.63) is 62.5 Å². The average Bonchev–Trinajstić information content (AvgIpc) is 2.29. The molecule has 1 aromatic heterocycles. The summed E-state index contributed by atoms with van der Waals surface area (Å²) in [6, 6.07) is 7.70. The van der Waals surface area contributed by atoms with Crippen molar-refractivity contribution in [3.63, 3.8) is 0 Å². The van der Waals surface area contributed by atoms with Crippen LogP contribution in [0.4, 0.5) is 4.39 Å². The summed E-state index contributed by atoms with van der Waals surface area (Å²) in [5.41, 5.74) is 7.06. The maximum atomic E-state index is 13.6. The van der Waals surface area contributed by atoms with E-state index >= 15 is 0 Å². The Morgan fingerprint density at radius 1 is 1.24 bits per heavy atom. The van der Waals surface area contributed by atoms with Gasteiger partial charge in [0.2, 0.25) is 0 Å². The van der Waals surface area contributed by atoms with Crippen molar-refractivity contribution >= 4 is 31.9 Å². The Kier molecular flexibility index (Phi) is 3.91. The van der Waals surface area contributed by atoms with Crippen molar-refractivity contribution in [2.45, 2.75) is 6.04 Å². The van der Waals surface area contributed by atoms with Crippen molar-refractivity contribution in [3.8, 4) is 0 Å². The second-order valence-electron chi connectivity index (χ2n) is 3.52. The first-order valence-corrected chi connectivity index (χ1v) is 6.49. The normalized spacial score (nSPS) is 12.5. The fourth-order valence-corrected chi connectivity index (χ4v) is 2.76. The number of nitrogens with two attached hydrogens (primary N) is 1. The van der Waals surface area contributed by atoms with Crippen molar-refractivity contribution in [2.24, 2.45) is 5.73 Å². The monoisotopic (exact) mass is 358 g/mol. The molecule has 2 nitrogen and oxygen atoms in total. The van der Waals surface area contributed by atoms with Gasteiger partial charge < -0.3 is 5.73 Å². The van der Waals surface area contributed by atoms with Gasteiger partial charge in [0, 0.05) is 20.7 Å². The number of nitrogens with zero attached hydrogens (tertiary/aromatic N) is 1. The number of benzene rings is 1. The Morgan fingerprint density at radius 2 is 1.94 bits per heavy atom. The molecule has 1 heterocycles. The van der Waals surface area contributed by atoms with E-state index in [4.69, 9.17) is 5.73 Å². The standard InChI is InChI=1S/C12H9Br2FN2/c13-7-5-9(14)12(17-6-7)11(16)8-3-1-2-4-10(8)15/h1-6,11H,16H2. The Balaban J connectivity index is 2.44. The van der Waals surface area contributed by atoms with Gasteiger partial charge in [0.15, 0.2) is 0 Å². The SMILES string of the molecule is NC(c1ccccc1F)c1ncc(Br)cc1Br. The topological polar surface area (TPSA) is 38.9 Å². The van der Waals surface area contributed by atoms with E-state index in [1.807, 2.05) is 6.07 Å². The minimum atomic E-state index is -0.585. The van der Waals surface area contributed by atoms with E-state index in [0.29, 0.717) is 11.3 Å². The summed E-state index contributed by atoms with van der Waals surface area (Å²) in [4.78, 5) is 4.21. The summed E-state index contributed by atoms with van der Waals surface area (Å²) in [6.45, 7) is 0. The number of aromatic nitrogens is 1. The van der Waals surface area contributed by atoms with E-state index in [0.717, 1.165) is 8.95 Å². The molecule has 0 radical (unpaired) electrons. The lowest BCUT2D eigenvalue weighted by Crippen LogP contribution is -2.15. The number of pyridine rings is 1. The van der Waals surface area contributed by atoms with Gasteiger partial charge in [0.25, 0.3) is 0 Å². The largest absolute Gasteiger partial charge is 0.319 e. The summed E-state index contributed by atoms with van der Waals surface area (Å²) < 4.78 is 15.2. The summed E-state index contributed by atoms with van der Waals surface area (Å²) in [6.07, 6.45) is 1.64. The van der Waals surface area contributed by atoms with E-state index in [9.17, 15) is 4.39 Å². The van der Waals surface area contributed by atoms with Crippen LogP contribution in [0.25, 0.3) is 0 Å². The van der Waals surface area contributed by atoms with Gasteiger partial charge in [-0.2, -0.15) is 0 Å². The molecular weight excluding hydrogens is 351 g/mol. The first-order valence-electron chi connectivity index (χ1n) is 4.90. The van der Waals surface area contributed by atoms with Crippen LogP contribution in [-0.2, 0) is 0 Å². The highest BCUT2D eigenvalue weighted by molar-refractivity contribution is 9.11. The number of rotatable bonds is 2. The highest BCUT2D eigenvalue weighted by atomic mass is 79.9. The lowest BCUT2D eigenvalue weighted by Gasteiger charge is -2.14. The zero-order chi connectivity index (χ0) is 12.4. The smallest absolute Gasteiger partial charge is 0.128 e. The fourth-order valence-electron chi connectivity index (χ4n) is 1.53. The maximum Gasteiger partial charge on any atom is 0.128 e. The van der Waals surface area contributed by atoms with Crippen LogP contribution in [0.5, 0.6) is 0 Å². The third kappa shape index (κ3) is 2.73. The Morgan fingerprint density at radius 3 is 2.59 bits per heavy atom. The van der Waals surface area contributed by atoms with Gasteiger partial charge in [0.05, 0.1) is 11.7 Å². The molecule has 0 spiro atoms. The second kappa shape index (κ2) is 5.25. The summed E-state index contributed by atoms with van der Waals surface area (Å²) >= 11 is 6.68. The third-order valence-electron chi connectivity index (χ3n) is 2.37. The summed E-state index contributed by atoms with van der Waals surface area (Å²) in [5, 5.41) is 0. The van der Waals surface area contributed by atoms with Crippen LogP contribution in [0, 0.1) is 5.82 Å². The molecule has 5 heteroatoms. The molecule has 0 fully saturated rings. The van der Waals surface area contributed by atoms with Crippen LogP contribution < -0.4 is 5.73 Å². The summed E-state index contributed by atoms with van der Waals surface area (Å²) in [5.74, 6) is -0.323. The van der Waals surface area contributed by atoms with Crippen molar-refractivity contribution < 1.29 is 4.39 Å². The van der Waals surface area contributed by atoms with Crippen LogP contribution in [0.1, 0.15) is 17.3 Å². The van der Waals surface area contributed by atoms with Gasteiger partial charge in [0.1, 0.15) is 5.82 Å². The van der Waals surface area contributed by atoms with E-state index in [1.54, 1.807) is 24.4 Å². The molecule has 0 aliphatic rings. The second-order valence-corrected chi connectivity index (χ2v) is 5.29. The van der Waals surface area contributed by atoms with Crippen LogP contribution in [-0.4, -0.2) is 4.98 Å². The van der Waals surface area contributed by atoms with Gasteiger partial charge in [-0.1, -0.05) is 18.2 Å². The molecule has 1 aromatic carbocycles. The summed E-state index contributed by atoms with van der Waals surface area (Å²) in [7, 11) is 0. The number of hydrogen-bond acceptors (Lipinski definition) is 2. The van der Waals surface area contributed by atoms with Crippen molar-refractivity contribution in [2.75, 3.05) is 0 Å². The van der Waals surface area contributed by atoms with E-state index < -0.39 is 6.04 Å². The third-order valence-corrected chi connectivity index (χ3v) is 3.44. The predicted molar refractivity (Wildman–Crippen MR) is 72.1 cm³/mol. The lowest BCUT2D eigenvalue weighted by atomic mass is 10.0. The molecular formula is C12H9Br2FN2. The van der Waals surface area contributed by atoms with Gasteiger partial charge in [-0.3, -0.25) is 4.98 Å². The highest BCUT2D eigenvalue weighted by Gasteiger charge is 2.17. The van der Waals surface area contributed by atoms with Gasteiger partial charge in [-0.25, -0.2) is 4.39 Å². The van der Waals surface area contributed by atoms with Crippen molar-refractivity contribution in [1.82, 2.24) is 4.98 Å². The Bertz CT molecular complexity index is 546. The Labute approximate surface area is 115 Å². The Hall–Kier alpha value is -0.780. The minimum Gasteiger partial charge on any atom is -0.319 e. The molecule has 1 unspecified atom stereocenters. The molecule has 0 saturated carbocycles. The molecule has 0 bridgehead atoms. The lowest BCUT2D eigenvalue weighted by molar-refractivity contribution is 0.596. The predicted octanol–water partition coefficient (Wildman–Crippen LogP) is 3.79. The van der Waals surface area contributed by atoms with E-state index in [2.05, 4.69) is 36.8 Å². The quantitative estimate of drug-likeness (QED) is 0.885.